The number of amides is 1. The smallest absolute Gasteiger partial charge is 0.237 e. The first kappa shape index (κ1) is 20.4. The highest BCUT2D eigenvalue weighted by atomic mass is 16.2. The number of rotatable bonds is 11. The molecule has 0 spiro atoms. The second-order valence-corrected chi connectivity index (χ2v) is 5.98. The molecule has 0 aliphatic carbocycles. The molecule has 0 rings (SSSR count). The third kappa shape index (κ3) is 9.35. The van der Waals surface area contributed by atoms with Crippen molar-refractivity contribution in [2.24, 2.45) is 5.73 Å². The van der Waals surface area contributed by atoms with E-state index in [1.165, 1.54) is 5.57 Å². The van der Waals surface area contributed by atoms with Crippen molar-refractivity contribution in [3.8, 4) is 0 Å². The zero-order valence-corrected chi connectivity index (χ0v) is 14.5. The molecule has 0 aromatic carbocycles. The normalized spacial score (nSPS) is 14.1. The maximum absolute atomic E-state index is 11.5. The molecule has 0 unspecified atom stereocenters. The van der Waals surface area contributed by atoms with Gasteiger partial charge in [0, 0.05) is 6.04 Å². The van der Waals surface area contributed by atoms with Gasteiger partial charge in [-0.15, -0.1) is 0 Å². The molecule has 3 nitrogen and oxygen atoms in total. The first-order valence-electron chi connectivity index (χ1n) is 7.97. The molecule has 3 N–H and O–H groups in total. The van der Waals surface area contributed by atoms with Gasteiger partial charge in [-0.3, -0.25) is 4.79 Å². The number of hydrogen-bond donors (Lipinski definition) is 2. The van der Waals surface area contributed by atoms with Gasteiger partial charge < -0.3 is 11.1 Å². The maximum Gasteiger partial charge on any atom is 0.237 e. The number of carbonyl (C=O) groups is 1. The quantitative estimate of drug-likeness (QED) is 0.447. The molecular weight excluding hydrogens is 272 g/mol. The summed E-state index contributed by atoms with van der Waals surface area (Å²) < 4.78 is 0. The van der Waals surface area contributed by atoms with Crippen molar-refractivity contribution >= 4 is 5.91 Å². The zero-order chi connectivity index (χ0) is 17.1. The third-order valence-electron chi connectivity index (χ3n) is 3.70. The predicted molar refractivity (Wildman–Crippen MR) is 96.6 cm³/mol. The first-order chi connectivity index (χ1) is 10.3. The van der Waals surface area contributed by atoms with Gasteiger partial charge in [0.1, 0.15) is 0 Å². The van der Waals surface area contributed by atoms with Crippen molar-refractivity contribution in [3.63, 3.8) is 0 Å². The fraction of sp³-hybridized carbons (Fsp3) is 0.526. The Balaban J connectivity index is 4.00. The van der Waals surface area contributed by atoms with Gasteiger partial charge in [0.2, 0.25) is 5.91 Å². The van der Waals surface area contributed by atoms with Crippen LogP contribution in [0.3, 0.4) is 0 Å². The van der Waals surface area contributed by atoms with E-state index in [4.69, 9.17) is 5.73 Å². The van der Waals surface area contributed by atoms with E-state index in [1.807, 2.05) is 13.0 Å². The Morgan fingerprint density at radius 3 is 2.41 bits per heavy atom. The SMILES string of the molecule is C=CC(=C)CC/C=C(\C)CCCC(=C)[C@H](C)NC(=O)[C@H](C)N. The fourth-order valence-electron chi connectivity index (χ4n) is 1.97. The van der Waals surface area contributed by atoms with E-state index in [2.05, 4.69) is 38.1 Å². The van der Waals surface area contributed by atoms with Crippen LogP contribution in [0.5, 0.6) is 0 Å². The van der Waals surface area contributed by atoms with Crippen molar-refractivity contribution in [1.29, 1.82) is 0 Å². The summed E-state index contributed by atoms with van der Waals surface area (Å²) in [7, 11) is 0. The molecule has 0 bridgehead atoms. The molecule has 0 aliphatic heterocycles. The lowest BCUT2D eigenvalue weighted by Crippen LogP contribution is -2.43. The van der Waals surface area contributed by atoms with Gasteiger partial charge in [-0.05, 0) is 52.9 Å². The van der Waals surface area contributed by atoms with Crippen molar-refractivity contribution in [2.75, 3.05) is 0 Å². The van der Waals surface area contributed by atoms with Gasteiger partial charge in [0.15, 0.2) is 0 Å². The molecule has 22 heavy (non-hydrogen) atoms. The molecule has 124 valence electrons. The van der Waals surface area contributed by atoms with E-state index in [-0.39, 0.29) is 11.9 Å². The summed E-state index contributed by atoms with van der Waals surface area (Å²) in [6, 6.07) is -0.510. The third-order valence-corrected chi connectivity index (χ3v) is 3.70. The van der Waals surface area contributed by atoms with Crippen LogP contribution >= 0.6 is 0 Å². The molecule has 1 amide bonds. The highest BCUT2D eigenvalue weighted by Crippen LogP contribution is 2.15. The van der Waals surface area contributed by atoms with Crippen LogP contribution in [0, 0.1) is 0 Å². The lowest BCUT2D eigenvalue weighted by molar-refractivity contribution is -0.122. The Labute approximate surface area is 136 Å². The Bertz CT molecular complexity index is 433. The van der Waals surface area contributed by atoms with Crippen LogP contribution in [0.2, 0.25) is 0 Å². The molecule has 0 aromatic heterocycles. The Morgan fingerprint density at radius 1 is 1.23 bits per heavy atom. The van der Waals surface area contributed by atoms with E-state index in [9.17, 15) is 4.79 Å². The van der Waals surface area contributed by atoms with E-state index < -0.39 is 6.04 Å². The highest BCUT2D eigenvalue weighted by Gasteiger charge is 2.13. The van der Waals surface area contributed by atoms with E-state index in [0.717, 1.165) is 43.3 Å². The van der Waals surface area contributed by atoms with Crippen LogP contribution in [0.1, 0.15) is 52.9 Å². The van der Waals surface area contributed by atoms with Crippen LogP contribution in [-0.2, 0) is 4.79 Å². The van der Waals surface area contributed by atoms with Crippen molar-refractivity contribution in [2.45, 2.75) is 65.0 Å². The summed E-state index contributed by atoms with van der Waals surface area (Å²) in [5, 5.41) is 2.87. The summed E-state index contributed by atoms with van der Waals surface area (Å²) in [5.41, 5.74) is 9.05. The van der Waals surface area contributed by atoms with E-state index in [0.29, 0.717) is 0 Å². The van der Waals surface area contributed by atoms with Crippen molar-refractivity contribution < 1.29 is 4.79 Å². The number of hydrogen-bond acceptors (Lipinski definition) is 2. The van der Waals surface area contributed by atoms with Crippen LogP contribution in [0.15, 0.2) is 48.6 Å². The minimum atomic E-state index is -0.481. The van der Waals surface area contributed by atoms with Gasteiger partial charge in [-0.2, -0.15) is 0 Å². The molecule has 0 heterocycles. The molecule has 0 aromatic rings. The zero-order valence-electron chi connectivity index (χ0n) is 14.5. The second kappa shape index (κ2) is 11.0. The topological polar surface area (TPSA) is 55.1 Å². The average molecular weight is 304 g/mol. The van der Waals surface area contributed by atoms with Crippen LogP contribution in [0.25, 0.3) is 0 Å². The maximum atomic E-state index is 11.5. The van der Waals surface area contributed by atoms with Gasteiger partial charge in [0.05, 0.1) is 6.04 Å². The standard InChI is InChI=1S/C19H32N2O/c1-7-14(2)10-8-11-15(3)12-9-13-16(4)18(6)21-19(22)17(5)20/h7,11,17-18H,1-2,4,8-10,12-13,20H2,3,5-6H3,(H,21,22)/b15-11+/t17-,18-/m0/s1. The van der Waals surface area contributed by atoms with Gasteiger partial charge in [-0.25, -0.2) is 0 Å². The number of carbonyl (C=O) groups excluding carboxylic acids is 1. The number of allylic oxidation sites excluding steroid dienone is 4. The average Bonchev–Trinajstić information content (AvgIpc) is 2.46. The Morgan fingerprint density at radius 2 is 1.86 bits per heavy atom. The van der Waals surface area contributed by atoms with Crippen molar-refractivity contribution in [3.05, 3.63) is 48.6 Å². The lowest BCUT2D eigenvalue weighted by atomic mass is 10.0. The highest BCUT2D eigenvalue weighted by molar-refractivity contribution is 5.81. The predicted octanol–water partition coefficient (Wildman–Crippen LogP) is 4.03. The molecule has 0 saturated heterocycles. The minimum Gasteiger partial charge on any atom is -0.349 e. The summed E-state index contributed by atoms with van der Waals surface area (Å²) in [6.07, 6.45) is 9.05. The van der Waals surface area contributed by atoms with Crippen LogP contribution in [-0.4, -0.2) is 18.0 Å². The number of nitrogens with two attached hydrogens (primary N) is 1. The first-order valence-corrected chi connectivity index (χ1v) is 7.97. The van der Waals surface area contributed by atoms with Crippen LogP contribution in [0.4, 0.5) is 0 Å². The summed E-state index contributed by atoms with van der Waals surface area (Å²) in [6.45, 7) is 17.5. The Kier molecular flexibility index (Phi) is 10.2. The lowest BCUT2D eigenvalue weighted by Gasteiger charge is -2.18. The summed E-state index contributed by atoms with van der Waals surface area (Å²) >= 11 is 0. The van der Waals surface area contributed by atoms with Crippen LogP contribution < -0.4 is 11.1 Å². The molecule has 0 aliphatic rings. The summed E-state index contributed by atoms with van der Waals surface area (Å²) in [4.78, 5) is 11.5. The van der Waals surface area contributed by atoms with E-state index in [1.54, 1.807) is 6.92 Å². The number of nitrogens with one attached hydrogen (secondary N) is 1. The monoisotopic (exact) mass is 304 g/mol. The molecule has 2 atom stereocenters. The molecule has 3 heteroatoms. The van der Waals surface area contributed by atoms with E-state index >= 15 is 0 Å². The summed E-state index contributed by atoms with van der Waals surface area (Å²) in [5.74, 6) is -0.132. The molecular formula is C19H32N2O. The van der Waals surface area contributed by atoms with Crippen molar-refractivity contribution in [1.82, 2.24) is 5.32 Å². The molecule has 0 fully saturated rings. The van der Waals surface area contributed by atoms with Gasteiger partial charge in [-0.1, -0.05) is 48.6 Å². The largest absolute Gasteiger partial charge is 0.349 e. The molecule has 0 saturated carbocycles. The second-order valence-electron chi connectivity index (χ2n) is 5.98. The molecule has 0 radical (unpaired) electrons. The minimum absolute atomic E-state index is 0.0290. The fourth-order valence-corrected chi connectivity index (χ4v) is 1.97. The Hall–Kier alpha value is -1.61. The van der Waals surface area contributed by atoms with Gasteiger partial charge >= 0.3 is 0 Å². The van der Waals surface area contributed by atoms with Gasteiger partial charge in [0.25, 0.3) is 0 Å².